The van der Waals surface area contributed by atoms with Gasteiger partial charge in [-0.05, 0) is 27.7 Å². The van der Waals surface area contributed by atoms with Crippen LogP contribution in [0.5, 0.6) is 0 Å². The first-order valence-electron chi connectivity index (χ1n) is 6.53. The fourth-order valence-corrected chi connectivity index (χ4v) is 2.58. The van der Waals surface area contributed by atoms with Crippen LogP contribution >= 0.6 is 11.3 Å². The van der Waals surface area contributed by atoms with Crippen molar-refractivity contribution < 1.29 is 4.74 Å². The molecule has 0 aliphatic heterocycles. The maximum absolute atomic E-state index is 5.11. The Labute approximate surface area is 119 Å². The Hall–Kier alpha value is -1.14. The van der Waals surface area contributed by atoms with E-state index >= 15 is 0 Å². The SMILES string of the molecule is CCNC(=NCc1sc(C)nc1C)NC(C)COC. The predicted octanol–water partition coefficient (Wildman–Crippen LogP) is 1.85. The van der Waals surface area contributed by atoms with Crippen molar-refractivity contribution in [2.45, 2.75) is 40.3 Å². The molecule has 0 amide bonds. The number of aryl methyl sites for hydroxylation is 2. The molecule has 0 saturated carbocycles. The lowest BCUT2D eigenvalue weighted by atomic mass is 10.3. The highest BCUT2D eigenvalue weighted by molar-refractivity contribution is 7.11. The van der Waals surface area contributed by atoms with Crippen LogP contribution in [0.4, 0.5) is 0 Å². The Morgan fingerprint density at radius 1 is 1.47 bits per heavy atom. The fraction of sp³-hybridized carbons (Fsp3) is 0.692. The maximum Gasteiger partial charge on any atom is 0.191 e. The zero-order valence-electron chi connectivity index (χ0n) is 12.4. The molecule has 19 heavy (non-hydrogen) atoms. The number of hydrogen-bond donors (Lipinski definition) is 2. The largest absolute Gasteiger partial charge is 0.383 e. The Bertz CT molecular complexity index is 417. The third-order valence-corrected chi connectivity index (χ3v) is 3.58. The first-order valence-corrected chi connectivity index (χ1v) is 7.35. The monoisotopic (exact) mass is 284 g/mol. The van der Waals surface area contributed by atoms with E-state index in [-0.39, 0.29) is 6.04 Å². The molecule has 0 fully saturated rings. The predicted molar refractivity (Wildman–Crippen MR) is 80.9 cm³/mol. The Balaban J connectivity index is 2.64. The van der Waals surface area contributed by atoms with E-state index in [2.05, 4.69) is 34.5 Å². The highest BCUT2D eigenvalue weighted by Gasteiger charge is 2.07. The molecule has 1 aromatic rings. The topological polar surface area (TPSA) is 58.5 Å². The molecular formula is C13H24N4OS. The molecule has 0 spiro atoms. The summed E-state index contributed by atoms with van der Waals surface area (Å²) in [5, 5.41) is 7.64. The molecule has 1 rings (SSSR count). The quantitative estimate of drug-likeness (QED) is 0.618. The molecule has 5 nitrogen and oxygen atoms in total. The minimum absolute atomic E-state index is 0.229. The zero-order chi connectivity index (χ0) is 14.3. The van der Waals surface area contributed by atoms with E-state index in [1.54, 1.807) is 18.4 Å². The van der Waals surface area contributed by atoms with Gasteiger partial charge in [0.1, 0.15) is 0 Å². The molecule has 1 aromatic heterocycles. The minimum Gasteiger partial charge on any atom is -0.383 e. The van der Waals surface area contributed by atoms with E-state index in [1.165, 1.54) is 4.88 Å². The van der Waals surface area contributed by atoms with Crippen LogP contribution < -0.4 is 10.6 Å². The van der Waals surface area contributed by atoms with Gasteiger partial charge in [0.25, 0.3) is 0 Å². The summed E-state index contributed by atoms with van der Waals surface area (Å²) in [6, 6.07) is 0.229. The number of nitrogens with zero attached hydrogens (tertiary/aromatic N) is 2. The van der Waals surface area contributed by atoms with Crippen molar-refractivity contribution in [3.63, 3.8) is 0 Å². The van der Waals surface area contributed by atoms with E-state index in [4.69, 9.17) is 4.74 Å². The van der Waals surface area contributed by atoms with Crippen LogP contribution in [0.15, 0.2) is 4.99 Å². The normalized spacial score (nSPS) is 13.4. The van der Waals surface area contributed by atoms with Crippen molar-refractivity contribution in [3.05, 3.63) is 15.6 Å². The summed E-state index contributed by atoms with van der Waals surface area (Å²) in [6.45, 7) is 10.3. The van der Waals surface area contributed by atoms with E-state index in [0.29, 0.717) is 13.2 Å². The summed E-state index contributed by atoms with van der Waals surface area (Å²) in [4.78, 5) is 10.2. The highest BCUT2D eigenvalue weighted by atomic mass is 32.1. The van der Waals surface area contributed by atoms with Gasteiger partial charge in [0.05, 0.1) is 23.9 Å². The molecule has 0 bridgehead atoms. The number of hydrogen-bond acceptors (Lipinski definition) is 4. The van der Waals surface area contributed by atoms with Crippen LogP contribution in [0.1, 0.15) is 29.4 Å². The van der Waals surface area contributed by atoms with E-state index in [0.717, 1.165) is 23.2 Å². The summed E-state index contributed by atoms with van der Waals surface area (Å²) >= 11 is 1.71. The van der Waals surface area contributed by atoms with Gasteiger partial charge in [-0.3, -0.25) is 0 Å². The molecular weight excluding hydrogens is 260 g/mol. The second kappa shape index (κ2) is 8.12. The number of nitrogens with one attached hydrogen (secondary N) is 2. The van der Waals surface area contributed by atoms with Gasteiger partial charge >= 0.3 is 0 Å². The Morgan fingerprint density at radius 3 is 2.74 bits per heavy atom. The van der Waals surface area contributed by atoms with Crippen molar-refractivity contribution in [3.8, 4) is 0 Å². The number of guanidine groups is 1. The molecule has 1 unspecified atom stereocenters. The standard InChI is InChI=1S/C13H24N4OS/c1-6-14-13(16-9(2)8-18-5)15-7-12-10(3)17-11(4)19-12/h9H,6-8H2,1-5H3,(H2,14,15,16). The van der Waals surface area contributed by atoms with E-state index in [9.17, 15) is 0 Å². The molecule has 0 saturated heterocycles. The van der Waals surface area contributed by atoms with Crippen LogP contribution in [0.25, 0.3) is 0 Å². The molecule has 1 atom stereocenters. The molecule has 0 radical (unpaired) electrons. The lowest BCUT2D eigenvalue weighted by Crippen LogP contribution is -2.43. The lowest BCUT2D eigenvalue weighted by Gasteiger charge is -2.16. The summed E-state index contributed by atoms with van der Waals surface area (Å²) in [6.07, 6.45) is 0. The molecule has 6 heteroatoms. The van der Waals surface area contributed by atoms with E-state index < -0.39 is 0 Å². The highest BCUT2D eigenvalue weighted by Crippen LogP contribution is 2.17. The molecule has 1 heterocycles. The van der Waals surface area contributed by atoms with E-state index in [1.807, 2.05) is 13.8 Å². The number of aliphatic imine (C=N–C) groups is 1. The third kappa shape index (κ3) is 5.57. The van der Waals surface area contributed by atoms with Crippen LogP contribution in [0.3, 0.4) is 0 Å². The van der Waals surface area contributed by atoms with Crippen molar-refractivity contribution in [1.29, 1.82) is 0 Å². The van der Waals surface area contributed by atoms with Gasteiger partial charge in [-0.2, -0.15) is 0 Å². The van der Waals surface area contributed by atoms with Crippen molar-refractivity contribution in [2.24, 2.45) is 4.99 Å². The van der Waals surface area contributed by atoms with Gasteiger partial charge < -0.3 is 15.4 Å². The van der Waals surface area contributed by atoms with Crippen LogP contribution in [0.2, 0.25) is 0 Å². The number of rotatable bonds is 6. The second-order valence-electron chi connectivity index (χ2n) is 4.44. The smallest absolute Gasteiger partial charge is 0.191 e. The zero-order valence-corrected chi connectivity index (χ0v) is 13.2. The van der Waals surface area contributed by atoms with Gasteiger partial charge in [0.15, 0.2) is 5.96 Å². The molecule has 2 N–H and O–H groups in total. The number of aromatic nitrogens is 1. The minimum atomic E-state index is 0.229. The summed E-state index contributed by atoms with van der Waals surface area (Å²) < 4.78 is 5.11. The first kappa shape index (κ1) is 15.9. The average molecular weight is 284 g/mol. The summed E-state index contributed by atoms with van der Waals surface area (Å²) in [5.74, 6) is 0.817. The summed E-state index contributed by atoms with van der Waals surface area (Å²) in [5.41, 5.74) is 1.08. The Morgan fingerprint density at radius 2 is 2.21 bits per heavy atom. The van der Waals surface area contributed by atoms with Crippen molar-refractivity contribution in [1.82, 2.24) is 15.6 Å². The molecule has 0 aromatic carbocycles. The first-order chi connectivity index (χ1) is 9.06. The van der Waals surface area contributed by atoms with Gasteiger partial charge in [0, 0.05) is 24.6 Å². The van der Waals surface area contributed by atoms with Gasteiger partial charge in [-0.25, -0.2) is 9.98 Å². The second-order valence-corrected chi connectivity index (χ2v) is 5.73. The van der Waals surface area contributed by atoms with Crippen LogP contribution in [-0.2, 0) is 11.3 Å². The average Bonchev–Trinajstić information content (AvgIpc) is 2.65. The van der Waals surface area contributed by atoms with Gasteiger partial charge in [-0.1, -0.05) is 0 Å². The molecule has 108 valence electrons. The molecule has 0 aliphatic carbocycles. The number of thiazole rings is 1. The van der Waals surface area contributed by atoms with Crippen LogP contribution in [-0.4, -0.2) is 37.2 Å². The summed E-state index contributed by atoms with van der Waals surface area (Å²) in [7, 11) is 1.70. The fourth-order valence-electron chi connectivity index (χ4n) is 1.72. The van der Waals surface area contributed by atoms with Crippen molar-refractivity contribution in [2.75, 3.05) is 20.3 Å². The number of methoxy groups -OCH3 is 1. The Kier molecular flexibility index (Phi) is 6.80. The third-order valence-electron chi connectivity index (χ3n) is 2.52. The maximum atomic E-state index is 5.11. The van der Waals surface area contributed by atoms with Crippen LogP contribution in [0, 0.1) is 13.8 Å². The molecule has 0 aliphatic rings. The lowest BCUT2D eigenvalue weighted by molar-refractivity contribution is 0.179. The number of ether oxygens (including phenoxy) is 1. The van der Waals surface area contributed by atoms with Crippen molar-refractivity contribution >= 4 is 17.3 Å². The van der Waals surface area contributed by atoms with Gasteiger partial charge in [-0.15, -0.1) is 11.3 Å². The van der Waals surface area contributed by atoms with Gasteiger partial charge in [0.2, 0.25) is 0 Å².